The fraction of sp³-hybridized carbons (Fsp3) is 0.222. The summed E-state index contributed by atoms with van der Waals surface area (Å²) in [6.45, 7) is 0. The predicted octanol–water partition coefficient (Wildman–Crippen LogP) is 11.4. The van der Waals surface area contributed by atoms with E-state index in [0.717, 1.165) is 46.2 Å². The average Bonchev–Trinajstić information content (AvgIpc) is 3.14. The Labute approximate surface area is 281 Å². The van der Waals surface area contributed by atoms with Crippen LogP contribution in [0, 0.1) is 23.7 Å². The first-order chi connectivity index (χ1) is 23.7. The van der Waals surface area contributed by atoms with E-state index in [0.29, 0.717) is 17.6 Å². The van der Waals surface area contributed by atoms with Gasteiger partial charge in [0.25, 0.3) is 0 Å². The minimum Gasteiger partial charge on any atom is -0.208 e. The lowest BCUT2D eigenvalue weighted by Gasteiger charge is -2.54. The molecule has 0 saturated heterocycles. The van der Waals surface area contributed by atoms with Crippen LogP contribution in [0.4, 0.5) is 0 Å². The molecule has 0 atom stereocenters. The number of hydrogen-bond donors (Lipinski definition) is 0. The first kappa shape index (κ1) is 27.9. The molecule has 48 heavy (non-hydrogen) atoms. The molecule has 3 heteroatoms. The smallest absolute Gasteiger partial charge is 0.164 e. The van der Waals surface area contributed by atoms with Gasteiger partial charge in [0, 0.05) is 16.7 Å². The van der Waals surface area contributed by atoms with Gasteiger partial charge in [0.15, 0.2) is 17.5 Å². The Morgan fingerprint density at radius 2 is 0.833 bits per heavy atom. The van der Waals surface area contributed by atoms with Crippen molar-refractivity contribution >= 4 is 21.5 Å². The molecule has 232 valence electrons. The minimum atomic E-state index is 0.695. The predicted molar refractivity (Wildman–Crippen MR) is 196 cm³/mol. The number of rotatable bonds is 5. The molecule has 7 aromatic rings. The summed E-state index contributed by atoms with van der Waals surface area (Å²) in [6, 6.07) is 48.0. The van der Waals surface area contributed by atoms with Crippen molar-refractivity contribution in [3.8, 4) is 45.3 Å². The average molecular weight is 620 g/mol. The fourth-order valence-corrected chi connectivity index (χ4v) is 9.61. The molecule has 0 unspecified atom stereocenters. The van der Waals surface area contributed by atoms with E-state index in [-0.39, 0.29) is 0 Å². The molecule has 0 spiro atoms. The first-order valence-corrected chi connectivity index (χ1v) is 17.7. The molecule has 4 aliphatic carbocycles. The summed E-state index contributed by atoms with van der Waals surface area (Å²) >= 11 is 0. The normalized spacial score (nSPS) is 22.8. The third kappa shape index (κ3) is 4.92. The highest BCUT2D eigenvalue weighted by Crippen LogP contribution is 2.59. The number of aromatic nitrogens is 3. The summed E-state index contributed by atoms with van der Waals surface area (Å²) < 4.78 is 0. The highest BCUT2D eigenvalue weighted by Gasteiger charge is 2.48. The van der Waals surface area contributed by atoms with Crippen LogP contribution in [-0.4, -0.2) is 15.0 Å². The van der Waals surface area contributed by atoms with Crippen molar-refractivity contribution < 1.29 is 0 Å². The number of hydrogen-bond acceptors (Lipinski definition) is 3. The fourth-order valence-electron chi connectivity index (χ4n) is 9.61. The molecule has 1 heterocycles. The molecule has 3 nitrogen and oxygen atoms in total. The Kier molecular flexibility index (Phi) is 6.53. The van der Waals surface area contributed by atoms with Crippen LogP contribution < -0.4 is 0 Å². The maximum Gasteiger partial charge on any atom is 0.164 e. The highest BCUT2D eigenvalue weighted by molar-refractivity contribution is 5.91. The van der Waals surface area contributed by atoms with E-state index < -0.39 is 0 Å². The van der Waals surface area contributed by atoms with Crippen LogP contribution in [-0.2, 0) is 0 Å². The second-order valence-electron chi connectivity index (χ2n) is 14.6. The van der Waals surface area contributed by atoms with Gasteiger partial charge in [-0.05, 0) is 118 Å². The van der Waals surface area contributed by atoms with Crippen LogP contribution in [0.2, 0.25) is 0 Å². The third-order valence-electron chi connectivity index (χ3n) is 11.6. The zero-order valence-electron chi connectivity index (χ0n) is 27.0. The second kappa shape index (κ2) is 11.2. The van der Waals surface area contributed by atoms with Crippen molar-refractivity contribution in [2.45, 2.75) is 38.0 Å². The van der Waals surface area contributed by atoms with Gasteiger partial charge in [-0.2, -0.15) is 0 Å². The number of nitrogens with zero attached hydrogens (tertiary/aromatic N) is 3. The van der Waals surface area contributed by atoms with Gasteiger partial charge in [-0.1, -0.05) is 115 Å². The van der Waals surface area contributed by atoms with Gasteiger partial charge in [-0.25, -0.2) is 15.0 Å². The zero-order chi connectivity index (χ0) is 31.6. The largest absolute Gasteiger partial charge is 0.208 e. The molecule has 4 saturated carbocycles. The van der Waals surface area contributed by atoms with Crippen molar-refractivity contribution in [1.82, 2.24) is 15.0 Å². The van der Waals surface area contributed by atoms with E-state index >= 15 is 0 Å². The molecule has 1 aromatic heterocycles. The maximum absolute atomic E-state index is 5.14. The van der Waals surface area contributed by atoms with Crippen LogP contribution in [0.25, 0.3) is 66.8 Å². The van der Waals surface area contributed by atoms with Crippen molar-refractivity contribution in [3.63, 3.8) is 0 Å². The Morgan fingerprint density at radius 1 is 0.354 bits per heavy atom. The molecule has 0 amide bonds. The second-order valence-corrected chi connectivity index (χ2v) is 14.6. The molecule has 6 aromatic carbocycles. The number of fused-ring (bicyclic) bond motifs is 2. The Hall–Kier alpha value is -5.15. The molecule has 4 fully saturated rings. The molecule has 0 radical (unpaired) electrons. The molecule has 4 aliphatic rings. The van der Waals surface area contributed by atoms with Crippen LogP contribution >= 0.6 is 0 Å². The van der Waals surface area contributed by atoms with Crippen molar-refractivity contribution in [2.24, 2.45) is 23.7 Å². The standard InChI is InChI=1S/C45H37N3/c1-2-6-30(7-3-1)36-17-10-32-12-19-38(27-39(32)26-36)45-47-43(46-44(48-45)37-18-11-31-8-4-5-9-35(31)25-37)34-15-13-33(14-16-34)42-40-21-28-20-29(23-40)24-41(42)22-28/h1-19,25-29,40-42H,20-24H2. The topological polar surface area (TPSA) is 38.7 Å². The SMILES string of the molecule is c1ccc(-c2ccc3ccc(-c4nc(-c5ccc(C6C7CC8CC(C7)CC6C8)cc5)nc(-c5ccc6ccccc6c5)n4)cc3c2)cc1. The number of benzene rings is 6. The monoisotopic (exact) mass is 619 g/mol. The summed E-state index contributed by atoms with van der Waals surface area (Å²) in [7, 11) is 0. The summed E-state index contributed by atoms with van der Waals surface area (Å²) in [5, 5.41) is 4.75. The quantitative estimate of drug-likeness (QED) is 0.192. The lowest BCUT2D eigenvalue weighted by molar-refractivity contribution is -0.00277. The Balaban J connectivity index is 1.06. The molecule has 11 rings (SSSR count). The van der Waals surface area contributed by atoms with Crippen LogP contribution in [0.15, 0.2) is 133 Å². The van der Waals surface area contributed by atoms with E-state index in [1.54, 1.807) is 0 Å². The van der Waals surface area contributed by atoms with Crippen molar-refractivity contribution in [2.75, 3.05) is 0 Å². The van der Waals surface area contributed by atoms with Gasteiger partial charge in [0.05, 0.1) is 0 Å². The third-order valence-corrected chi connectivity index (χ3v) is 11.6. The lowest BCUT2D eigenvalue weighted by Crippen LogP contribution is -2.43. The summed E-state index contributed by atoms with van der Waals surface area (Å²) in [6.07, 6.45) is 7.23. The van der Waals surface area contributed by atoms with Gasteiger partial charge in [0.1, 0.15) is 0 Å². The Morgan fingerprint density at radius 3 is 1.48 bits per heavy atom. The van der Waals surface area contributed by atoms with Gasteiger partial charge in [-0.15, -0.1) is 0 Å². The van der Waals surface area contributed by atoms with E-state index in [1.165, 1.54) is 70.3 Å². The van der Waals surface area contributed by atoms with Crippen LogP contribution in [0.5, 0.6) is 0 Å². The maximum atomic E-state index is 5.14. The highest BCUT2D eigenvalue weighted by atomic mass is 15.0. The van der Waals surface area contributed by atoms with E-state index in [2.05, 4.69) is 133 Å². The molecule has 4 bridgehead atoms. The molecular weight excluding hydrogens is 583 g/mol. The molecule has 0 aliphatic heterocycles. The van der Waals surface area contributed by atoms with Gasteiger partial charge >= 0.3 is 0 Å². The minimum absolute atomic E-state index is 0.695. The molecular formula is C45H37N3. The lowest BCUT2D eigenvalue weighted by atomic mass is 9.51. The zero-order valence-corrected chi connectivity index (χ0v) is 27.0. The summed E-state index contributed by atoms with van der Waals surface area (Å²) in [5.74, 6) is 6.53. The van der Waals surface area contributed by atoms with E-state index in [4.69, 9.17) is 15.0 Å². The van der Waals surface area contributed by atoms with Gasteiger partial charge in [0.2, 0.25) is 0 Å². The summed E-state index contributed by atoms with van der Waals surface area (Å²) in [4.78, 5) is 15.4. The van der Waals surface area contributed by atoms with Gasteiger partial charge < -0.3 is 0 Å². The van der Waals surface area contributed by atoms with E-state index in [9.17, 15) is 0 Å². The first-order valence-electron chi connectivity index (χ1n) is 17.7. The van der Waals surface area contributed by atoms with Crippen LogP contribution in [0.3, 0.4) is 0 Å². The Bertz CT molecular complexity index is 2280. The van der Waals surface area contributed by atoms with Gasteiger partial charge in [-0.3, -0.25) is 0 Å². The van der Waals surface area contributed by atoms with Crippen molar-refractivity contribution in [3.05, 3.63) is 139 Å². The van der Waals surface area contributed by atoms with Crippen LogP contribution in [0.1, 0.15) is 43.6 Å². The molecule has 0 N–H and O–H groups in total. The van der Waals surface area contributed by atoms with Crippen molar-refractivity contribution in [1.29, 1.82) is 0 Å². The summed E-state index contributed by atoms with van der Waals surface area (Å²) in [5.41, 5.74) is 6.95. The van der Waals surface area contributed by atoms with E-state index in [1.807, 2.05) is 0 Å².